The van der Waals surface area contributed by atoms with Crippen molar-refractivity contribution in [3.05, 3.63) is 29.3 Å². The molecule has 1 aromatic carbocycles. The molecule has 3 rings (SSSR count). The highest BCUT2D eigenvalue weighted by Crippen LogP contribution is 2.23. The van der Waals surface area contributed by atoms with Crippen LogP contribution in [0.1, 0.15) is 25.7 Å². The van der Waals surface area contributed by atoms with E-state index in [1.807, 2.05) is 29.2 Å². The molecule has 1 aromatic rings. The lowest BCUT2D eigenvalue weighted by Crippen LogP contribution is -2.47. The Morgan fingerprint density at radius 3 is 2.65 bits per heavy atom. The normalized spacial score (nSPS) is 19.8. The van der Waals surface area contributed by atoms with Crippen molar-refractivity contribution in [1.29, 1.82) is 0 Å². The first-order valence-electron chi connectivity index (χ1n) is 7.18. The lowest BCUT2D eigenvalue weighted by atomic mass is 10.1. The first-order valence-corrected chi connectivity index (χ1v) is 7.56. The highest BCUT2D eigenvalue weighted by atomic mass is 35.5. The van der Waals surface area contributed by atoms with Crippen molar-refractivity contribution in [1.82, 2.24) is 10.2 Å². The predicted octanol–water partition coefficient (Wildman–Crippen LogP) is 3.06. The summed E-state index contributed by atoms with van der Waals surface area (Å²) in [6, 6.07) is 7.96. The number of ether oxygens (including phenoxy) is 1. The van der Waals surface area contributed by atoms with Gasteiger partial charge >= 0.3 is 6.03 Å². The summed E-state index contributed by atoms with van der Waals surface area (Å²) in [5, 5.41) is 3.71. The van der Waals surface area contributed by atoms with Crippen LogP contribution in [-0.4, -0.2) is 36.2 Å². The molecule has 0 unspecified atom stereocenters. The maximum absolute atomic E-state index is 11.9. The quantitative estimate of drug-likeness (QED) is 0.931. The SMILES string of the molecule is O=C(NC1CC1)N1CCC(Oc2cccc(Cl)c2)CC1. The molecule has 2 amide bonds. The fourth-order valence-electron chi connectivity index (χ4n) is 2.40. The Bertz CT molecular complexity index is 483. The standard InChI is InChI=1S/C15H19ClN2O2/c16-11-2-1-3-14(10-11)20-13-6-8-18(9-7-13)15(19)17-12-4-5-12/h1-3,10,12-13H,4-9H2,(H,17,19). The predicted molar refractivity (Wildman–Crippen MR) is 78.2 cm³/mol. The number of urea groups is 1. The second kappa shape index (κ2) is 5.92. The molecule has 2 fully saturated rings. The van der Waals surface area contributed by atoms with Crippen LogP contribution in [0, 0.1) is 0 Å². The second-order valence-corrected chi connectivity index (χ2v) is 5.92. The fraction of sp³-hybridized carbons (Fsp3) is 0.533. The molecule has 1 heterocycles. The molecule has 4 nitrogen and oxygen atoms in total. The van der Waals surface area contributed by atoms with Crippen LogP contribution in [0.4, 0.5) is 4.79 Å². The molecule has 1 saturated carbocycles. The van der Waals surface area contributed by atoms with E-state index >= 15 is 0 Å². The van der Waals surface area contributed by atoms with Gasteiger partial charge in [0, 0.05) is 37.0 Å². The molecule has 108 valence electrons. The third-order valence-electron chi connectivity index (χ3n) is 3.73. The molecule has 0 bridgehead atoms. The van der Waals surface area contributed by atoms with E-state index in [4.69, 9.17) is 16.3 Å². The molecule has 1 aliphatic carbocycles. The zero-order valence-electron chi connectivity index (χ0n) is 11.3. The van der Waals surface area contributed by atoms with E-state index in [1.165, 1.54) is 0 Å². The number of carbonyl (C=O) groups excluding carboxylic acids is 1. The van der Waals surface area contributed by atoms with Crippen LogP contribution in [-0.2, 0) is 0 Å². The third kappa shape index (κ3) is 3.57. The third-order valence-corrected chi connectivity index (χ3v) is 3.97. The van der Waals surface area contributed by atoms with Crippen molar-refractivity contribution in [2.75, 3.05) is 13.1 Å². The average Bonchev–Trinajstić information content (AvgIpc) is 3.23. The van der Waals surface area contributed by atoms with Crippen LogP contribution in [0.3, 0.4) is 0 Å². The number of hydrogen-bond donors (Lipinski definition) is 1. The Hall–Kier alpha value is -1.42. The van der Waals surface area contributed by atoms with Gasteiger partial charge in [-0.1, -0.05) is 17.7 Å². The number of rotatable bonds is 3. The average molecular weight is 295 g/mol. The molecular formula is C15H19ClN2O2. The summed E-state index contributed by atoms with van der Waals surface area (Å²) in [7, 11) is 0. The van der Waals surface area contributed by atoms with Gasteiger partial charge in [0.1, 0.15) is 11.9 Å². The van der Waals surface area contributed by atoms with Crippen LogP contribution in [0.25, 0.3) is 0 Å². The molecule has 5 heteroatoms. The lowest BCUT2D eigenvalue weighted by molar-refractivity contribution is 0.111. The first kappa shape index (κ1) is 13.6. The highest BCUT2D eigenvalue weighted by Gasteiger charge is 2.28. The summed E-state index contributed by atoms with van der Waals surface area (Å²) in [4.78, 5) is 13.8. The molecule has 1 N–H and O–H groups in total. The number of likely N-dealkylation sites (tertiary alicyclic amines) is 1. The molecule has 2 aliphatic rings. The zero-order valence-corrected chi connectivity index (χ0v) is 12.1. The van der Waals surface area contributed by atoms with Gasteiger partial charge in [0.2, 0.25) is 0 Å². The van der Waals surface area contributed by atoms with Gasteiger partial charge in [-0.05, 0) is 31.0 Å². The first-order chi connectivity index (χ1) is 9.70. The molecule has 0 radical (unpaired) electrons. The Labute approximate surface area is 124 Å². The van der Waals surface area contributed by atoms with Crippen LogP contribution in [0.15, 0.2) is 24.3 Å². The van der Waals surface area contributed by atoms with Gasteiger partial charge in [-0.2, -0.15) is 0 Å². The van der Waals surface area contributed by atoms with E-state index in [1.54, 1.807) is 0 Å². The maximum Gasteiger partial charge on any atom is 0.317 e. The molecule has 0 spiro atoms. The second-order valence-electron chi connectivity index (χ2n) is 5.49. The summed E-state index contributed by atoms with van der Waals surface area (Å²) in [5.41, 5.74) is 0. The van der Waals surface area contributed by atoms with Crippen LogP contribution in [0.2, 0.25) is 5.02 Å². The van der Waals surface area contributed by atoms with Crippen molar-refractivity contribution in [3.63, 3.8) is 0 Å². The summed E-state index contributed by atoms with van der Waals surface area (Å²) in [6.45, 7) is 1.51. The number of halogens is 1. The van der Waals surface area contributed by atoms with E-state index in [9.17, 15) is 4.79 Å². The van der Waals surface area contributed by atoms with Gasteiger partial charge < -0.3 is 15.0 Å². The minimum absolute atomic E-state index is 0.0775. The van der Waals surface area contributed by atoms with Crippen molar-refractivity contribution >= 4 is 17.6 Å². The highest BCUT2D eigenvalue weighted by molar-refractivity contribution is 6.30. The van der Waals surface area contributed by atoms with Crippen molar-refractivity contribution in [3.8, 4) is 5.75 Å². The van der Waals surface area contributed by atoms with Gasteiger partial charge in [-0.3, -0.25) is 0 Å². The number of nitrogens with one attached hydrogen (secondary N) is 1. The number of benzene rings is 1. The number of hydrogen-bond acceptors (Lipinski definition) is 2. The Morgan fingerprint density at radius 1 is 1.25 bits per heavy atom. The zero-order chi connectivity index (χ0) is 13.9. The van der Waals surface area contributed by atoms with Gasteiger partial charge in [-0.15, -0.1) is 0 Å². The minimum Gasteiger partial charge on any atom is -0.490 e. The maximum atomic E-state index is 11.9. The van der Waals surface area contributed by atoms with Gasteiger partial charge in [-0.25, -0.2) is 4.79 Å². The smallest absolute Gasteiger partial charge is 0.317 e. The van der Waals surface area contributed by atoms with E-state index in [2.05, 4.69) is 5.32 Å². The number of carbonyl (C=O) groups is 1. The molecular weight excluding hydrogens is 276 g/mol. The Kier molecular flexibility index (Phi) is 4.01. The monoisotopic (exact) mass is 294 g/mol. The summed E-state index contributed by atoms with van der Waals surface area (Å²) >= 11 is 5.94. The molecule has 0 atom stereocenters. The number of nitrogens with zero attached hydrogens (tertiary/aromatic N) is 1. The Balaban J connectivity index is 1.47. The van der Waals surface area contributed by atoms with Crippen LogP contribution < -0.4 is 10.1 Å². The van der Waals surface area contributed by atoms with Gasteiger partial charge in [0.15, 0.2) is 0 Å². The van der Waals surface area contributed by atoms with Crippen LogP contribution in [0.5, 0.6) is 5.75 Å². The summed E-state index contributed by atoms with van der Waals surface area (Å²) in [5.74, 6) is 0.804. The lowest BCUT2D eigenvalue weighted by Gasteiger charge is -2.32. The number of amides is 2. The fourth-order valence-corrected chi connectivity index (χ4v) is 2.58. The van der Waals surface area contributed by atoms with Gasteiger partial charge in [0.05, 0.1) is 0 Å². The molecule has 20 heavy (non-hydrogen) atoms. The van der Waals surface area contributed by atoms with Gasteiger partial charge in [0.25, 0.3) is 0 Å². The van der Waals surface area contributed by atoms with E-state index < -0.39 is 0 Å². The molecule has 1 saturated heterocycles. The summed E-state index contributed by atoms with van der Waals surface area (Å²) in [6.07, 6.45) is 4.15. The molecule has 1 aliphatic heterocycles. The summed E-state index contributed by atoms with van der Waals surface area (Å²) < 4.78 is 5.91. The van der Waals surface area contributed by atoms with Crippen molar-refractivity contribution < 1.29 is 9.53 Å². The van der Waals surface area contributed by atoms with Crippen molar-refractivity contribution in [2.45, 2.75) is 37.8 Å². The number of piperidine rings is 1. The molecule has 0 aromatic heterocycles. The largest absolute Gasteiger partial charge is 0.490 e. The topological polar surface area (TPSA) is 41.6 Å². The van der Waals surface area contributed by atoms with E-state index in [0.29, 0.717) is 11.1 Å². The van der Waals surface area contributed by atoms with E-state index in [0.717, 1.165) is 44.5 Å². The van der Waals surface area contributed by atoms with Crippen LogP contribution >= 0.6 is 11.6 Å². The minimum atomic E-state index is 0.0775. The van der Waals surface area contributed by atoms with Crippen molar-refractivity contribution in [2.24, 2.45) is 0 Å². The van der Waals surface area contributed by atoms with E-state index in [-0.39, 0.29) is 12.1 Å². The Morgan fingerprint density at radius 2 is 2.00 bits per heavy atom.